The van der Waals surface area contributed by atoms with E-state index in [1.807, 2.05) is 6.92 Å². The van der Waals surface area contributed by atoms with E-state index >= 15 is 0 Å². The molecule has 35 heavy (non-hydrogen) atoms. The van der Waals surface area contributed by atoms with Crippen LogP contribution in [0.1, 0.15) is 68.7 Å². The van der Waals surface area contributed by atoms with Crippen molar-refractivity contribution in [3.05, 3.63) is 29.3 Å². The first-order chi connectivity index (χ1) is 16.3. The molecule has 12 heteroatoms. The average molecular weight is 506 g/mol. The Morgan fingerprint density at radius 3 is 1.89 bits per heavy atom. The molecular weight excluding hydrogens is 474 g/mol. The highest BCUT2D eigenvalue weighted by molar-refractivity contribution is 7.88. The first kappa shape index (κ1) is 26.3. The number of nitrogens with zero attached hydrogens (tertiary/aromatic N) is 4. The fourth-order valence-electron chi connectivity index (χ4n) is 3.86. The maximum Gasteiger partial charge on any atom is 0.331 e. The number of carbonyl (C=O) groups excluding carboxylic acids is 4. The Bertz CT molecular complexity index is 1170. The van der Waals surface area contributed by atoms with E-state index in [4.69, 9.17) is 0 Å². The number of rotatable bonds is 8. The van der Waals surface area contributed by atoms with Crippen LogP contribution in [-0.4, -0.2) is 70.4 Å². The summed E-state index contributed by atoms with van der Waals surface area (Å²) in [5.41, 5.74) is 2.37. The molecule has 4 amide bonds. The van der Waals surface area contributed by atoms with Crippen LogP contribution in [0.2, 0.25) is 0 Å². The molecule has 0 radical (unpaired) electrons. The number of nitrogens with one attached hydrogen (secondary N) is 1. The lowest BCUT2D eigenvalue weighted by molar-refractivity contribution is -0.127. The van der Waals surface area contributed by atoms with E-state index in [9.17, 15) is 27.6 Å². The molecule has 1 aromatic rings. The third kappa shape index (κ3) is 4.66. The molecule has 0 aliphatic carbocycles. The Balaban J connectivity index is 2.03. The van der Waals surface area contributed by atoms with Gasteiger partial charge in [-0.2, -0.15) is 13.5 Å². The first-order valence-electron chi connectivity index (χ1n) is 11.6. The Kier molecular flexibility index (Phi) is 7.34. The third-order valence-corrected chi connectivity index (χ3v) is 7.49. The molecule has 0 spiro atoms. The van der Waals surface area contributed by atoms with Crippen LogP contribution in [-0.2, 0) is 19.8 Å². The molecule has 2 aliphatic rings. The van der Waals surface area contributed by atoms with Crippen molar-refractivity contribution in [3.63, 3.8) is 0 Å². The molecule has 3 rings (SSSR count). The summed E-state index contributed by atoms with van der Waals surface area (Å²) in [7, 11) is -4.36. The van der Waals surface area contributed by atoms with Gasteiger partial charge in [-0.3, -0.25) is 29.5 Å². The lowest BCUT2D eigenvalue weighted by Crippen LogP contribution is -2.61. The molecule has 0 bridgehead atoms. The standard InChI is InChI=1S/C23H31N5O6S/c1-7-15(6)28-20(29)16-9-8-10-17(18(16)21(28)30)24-25-19-22(31)26(11-13(2)3)35(33,34)27(23(19)32)12-14(4)5/h8-10,13-15,24H,7,11-12H2,1-6H3. The number of carbonyl (C=O) groups is 4. The van der Waals surface area contributed by atoms with Crippen molar-refractivity contribution in [1.29, 1.82) is 0 Å². The Labute approximate surface area is 205 Å². The molecule has 190 valence electrons. The van der Waals surface area contributed by atoms with Gasteiger partial charge in [-0.15, -0.1) is 0 Å². The second kappa shape index (κ2) is 9.76. The lowest BCUT2D eigenvalue weighted by Gasteiger charge is -2.36. The Morgan fingerprint density at radius 2 is 1.40 bits per heavy atom. The van der Waals surface area contributed by atoms with Crippen LogP contribution < -0.4 is 5.43 Å². The maximum absolute atomic E-state index is 13.1. The molecule has 1 aromatic carbocycles. The van der Waals surface area contributed by atoms with Crippen molar-refractivity contribution >= 4 is 45.2 Å². The summed E-state index contributed by atoms with van der Waals surface area (Å²) >= 11 is 0. The zero-order valence-electron chi connectivity index (χ0n) is 20.7. The quantitative estimate of drug-likeness (QED) is 0.422. The van der Waals surface area contributed by atoms with Crippen LogP contribution in [0, 0.1) is 11.8 Å². The molecular formula is C23H31N5O6S. The van der Waals surface area contributed by atoms with Gasteiger partial charge in [-0.05, 0) is 37.3 Å². The number of hydrogen-bond donors (Lipinski definition) is 1. The van der Waals surface area contributed by atoms with Crippen LogP contribution in [0.4, 0.5) is 5.69 Å². The second-order valence-electron chi connectivity index (χ2n) is 9.51. The van der Waals surface area contributed by atoms with Gasteiger partial charge in [-0.1, -0.05) is 40.7 Å². The van der Waals surface area contributed by atoms with E-state index in [0.717, 1.165) is 0 Å². The largest absolute Gasteiger partial charge is 0.331 e. The highest BCUT2D eigenvalue weighted by Crippen LogP contribution is 2.31. The lowest BCUT2D eigenvalue weighted by atomic mass is 10.1. The predicted molar refractivity (Wildman–Crippen MR) is 130 cm³/mol. The van der Waals surface area contributed by atoms with Gasteiger partial charge in [0.2, 0.25) is 5.71 Å². The van der Waals surface area contributed by atoms with Gasteiger partial charge in [0.25, 0.3) is 23.6 Å². The smallest absolute Gasteiger partial charge is 0.277 e. The number of hydrazone groups is 1. The predicted octanol–water partition coefficient (Wildman–Crippen LogP) is 2.08. The Morgan fingerprint density at radius 1 is 0.857 bits per heavy atom. The van der Waals surface area contributed by atoms with E-state index in [1.54, 1.807) is 40.7 Å². The van der Waals surface area contributed by atoms with Gasteiger partial charge in [0.15, 0.2) is 0 Å². The molecule has 11 nitrogen and oxygen atoms in total. The van der Waals surface area contributed by atoms with E-state index < -0.39 is 39.5 Å². The van der Waals surface area contributed by atoms with Crippen molar-refractivity contribution in [3.8, 4) is 0 Å². The number of fused-ring (bicyclic) bond motifs is 1. The number of anilines is 1. The summed E-state index contributed by atoms with van der Waals surface area (Å²) < 4.78 is 27.4. The molecule has 1 fully saturated rings. The third-order valence-electron chi connectivity index (χ3n) is 5.74. The maximum atomic E-state index is 13.1. The van der Waals surface area contributed by atoms with E-state index in [2.05, 4.69) is 10.5 Å². The number of benzene rings is 1. The summed E-state index contributed by atoms with van der Waals surface area (Å²) in [5.74, 6) is -3.42. The summed E-state index contributed by atoms with van der Waals surface area (Å²) in [6, 6.07) is 4.26. The van der Waals surface area contributed by atoms with Gasteiger partial charge < -0.3 is 0 Å². The van der Waals surface area contributed by atoms with E-state index in [0.29, 0.717) is 15.0 Å². The Hall–Kier alpha value is -3.28. The SMILES string of the molecule is CCC(C)N1C(=O)c2cccc(NN=C3C(=O)N(CC(C)C)S(=O)(=O)N(CC(C)C)C3=O)c2C1=O. The molecule has 2 heterocycles. The second-order valence-corrected chi connectivity index (χ2v) is 11.3. The molecule has 1 atom stereocenters. The van der Waals surface area contributed by atoms with Gasteiger partial charge in [0.05, 0.1) is 16.8 Å². The number of hydrogen-bond acceptors (Lipinski definition) is 8. The first-order valence-corrected chi connectivity index (χ1v) is 13.0. The van der Waals surface area contributed by atoms with Gasteiger partial charge >= 0.3 is 10.2 Å². The fourth-order valence-corrected chi connectivity index (χ4v) is 5.67. The molecule has 1 N–H and O–H groups in total. The van der Waals surface area contributed by atoms with Crippen molar-refractivity contribution in [2.75, 3.05) is 18.5 Å². The zero-order chi connectivity index (χ0) is 26.2. The summed E-state index contributed by atoms with van der Waals surface area (Å²) in [4.78, 5) is 53.1. The van der Waals surface area contributed by atoms with Crippen LogP contribution >= 0.6 is 0 Å². The fraction of sp³-hybridized carbons (Fsp3) is 0.522. The van der Waals surface area contributed by atoms with Gasteiger partial charge in [-0.25, -0.2) is 8.61 Å². The van der Waals surface area contributed by atoms with Crippen LogP contribution in [0.25, 0.3) is 0 Å². The van der Waals surface area contributed by atoms with Crippen molar-refractivity contribution in [2.45, 2.75) is 54.0 Å². The minimum atomic E-state index is -4.36. The van der Waals surface area contributed by atoms with Crippen LogP contribution in [0.15, 0.2) is 23.3 Å². The molecule has 1 saturated heterocycles. The van der Waals surface area contributed by atoms with Crippen LogP contribution in [0.5, 0.6) is 0 Å². The number of amides is 4. The van der Waals surface area contributed by atoms with E-state index in [-0.39, 0.29) is 47.8 Å². The normalized spacial score (nSPS) is 18.6. The van der Waals surface area contributed by atoms with Gasteiger partial charge in [0.1, 0.15) is 0 Å². The summed E-state index contributed by atoms with van der Waals surface area (Å²) in [6.07, 6.45) is 0.575. The van der Waals surface area contributed by atoms with Crippen LogP contribution in [0.3, 0.4) is 0 Å². The highest BCUT2D eigenvalue weighted by Gasteiger charge is 2.48. The molecule has 1 unspecified atom stereocenters. The highest BCUT2D eigenvalue weighted by atomic mass is 32.2. The molecule has 0 aromatic heterocycles. The van der Waals surface area contributed by atoms with Crippen molar-refractivity contribution in [2.24, 2.45) is 16.9 Å². The van der Waals surface area contributed by atoms with Crippen molar-refractivity contribution in [1.82, 2.24) is 13.5 Å². The summed E-state index contributed by atoms with van der Waals surface area (Å²) in [6.45, 7) is 10.4. The minimum absolute atomic E-state index is 0.0866. The molecule has 0 saturated carbocycles. The monoisotopic (exact) mass is 505 g/mol. The zero-order valence-corrected chi connectivity index (χ0v) is 21.5. The van der Waals surface area contributed by atoms with E-state index in [1.165, 1.54) is 17.0 Å². The minimum Gasteiger partial charge on any atom is -0.277 e. The number of imide groups is 1. The van der Waals surface area contributed by atoms with Crippen molar-refractivity contribution < 1.29 is 27.6 Å². The summed E-state index contributed by atoms with van der Waals surface area (Å²) in [5, 5.41) is 3.96. The van der Waals surface area contributed by atoms with Gasteiger partial charge in [0, 0.05) is 19.1 Å². The average Bonchev–Trinajstić information content (AvgIpc) is 3.04. The molecule has 2 aliphatic heterocycles. The topological polar surface area (TPSA) is 137 Å².